The summed E-state index contributed by atoms with van der Waals surface area (Å²) >= 11 is 11.9. The predicted octanol–water partition coefficient (Wildman–Crippen LogP) is 3.15. The van der Waals surface area contributed by atoms with E-state index >= 15 is 0 Å². The molecule has 1 atom stereocenters. The van der Waals surface area contributed by atoms with E-state index in [0.29, 0.717) is 16.6 Å². The monoisotopic (exact) mass is 268 g/mol. The fraction of sp³-hybridized carbons (Fsp3) is 0.400. The summed E-state index contributed by atoms with van der Waals surface area (Å²) in [7, 11) is 0. The molecule has 1 rings (SSSR count). The van der Waals surface area contributed by atoms with Crippen molar-refractivity contribution in [2.75, 3.05) is 6.54 Å². The molecule has 0 saturated heterocycles. The summed E-state index contributed by atoms with van der Waals surface area (Å²) in [6.07, 6.45) is 1.72. The molecule has 0 amide bonds. The van der Waals surface area contributed by atoms with Gasteiger partial charge in [0.1, 0.15) is 0 Å². The van der Waals surface area contributed by atoms with E-state index in [-0.39, 0.29) is 18.4 Å². The van der Waals surface area contributed by atoms with Gasteiger partial charge in [-0.3, -0.25) is 0 Å². The van der Waals surface area contributed by atoms with Crippen LogP contribution in [0, 0.1) is 0 Å². The Kier molecular flexibility index (Phi) is 7.32. The van der Waals surface area contributed by atoms with Crippen LogP contribution < -0.4 is 11.5 Å². The first kappa shape index (κ1) is 15.0. The van der Waals surface area contributed by atoms with Crippen LogP contribution in [0.3, 0.4) is 0 Å². The van der Waals surface area contributed by atoms with Gasteiger partial charge in [-0.1, -0.05) is 23.2 Å². The fourth-order valence-corrected chi connectivity index (χ4v) is 1.73. The molecule has 0 saturated carbocycles. The summed E-state index contributed by atoms with van der Waals surface area (Å²) in [6, 6.07) is 5.25. The number of nitrogens with two attached hydrogens (primary N) is 2. The first-order valence-corrected chi connectivity index (χ1v) is 5.31. The molecule has 1 aromatic rings. The van der Waals surface area contributed by atoms with Gasteiger partial charge in [0.05, 0.1) is 0 Å². The third-order valence-corrected chi connectivity index (χ3v) is 2.66. The lowest BCUT2D eigenvalue weighted by Crippen LogP contribution is -2.13. The largest absolute Gasteiger partial charge is 0.330 e. The van der Waals surface area contributed by atoms with Gasteiger partial charge in [-0.2, -0.15) is 0 Å². The lowest BCUT2D eigenvalue weighted by atomic mass is 10.0. The second-order valence-electron chi connectivity index (χ2n) is 3.20. The lowest BCUT2D eigenvalue weighted by Gasteiger charge is -2.13. The van der Waals surface area contributed by atoms with Crippen LogP contribution in [-0.2, 0) is 0 Å². The summed E-state index contributed by atoms with van der Waals surface area (Å²) in [5.74, 6) is 0. The van der Waals surface area contributed by atoms with Crippen molar-refractivity contribution in [1.82, 2.24) is 0 Å². The Morgan fingerprint density at radius 2 is 1.93 bits per heavy atom. The number of hydrogen-bond acceptors (Lipinski definition) is 2. The highest BCUT2D eigenvalue weighted by molar-refractivity contribution is 6.33. The number of benzene rings is 1. The summed E-state index contributed by atoms with van der Waals surface area (Å²) in [6.45, 7) is 0.645. The zero-order valence-electron chi connectivity index (χ0n) is 8.25. The van der Waals surface area contributed by atoms with Crippen molar-refractivity contribution < 1.29 is 0 Å². The minimum Gasteiger partial charge on any atom is -0.330 e. The Bertz CT molecular complexity index is 305. The van der Waals surface area contributed by atoms with E-state index in [2.05, 4.69) is 0 Å². The van der Waals surface area contributed by atoms with E-state index in [9.17, 15) is 0 Å². The molecule has 0 bridgehead atoms. The molecule has 0 radical (unpaired) electrons. The maximum atomic E-state index is 6.00. The second-order valence-corrected chi connectivity index (χ2v) is 4.05. The highest BCUT2D eigenvalue weighted by Crippen LogP contribution is 2.27. The topological polar surface area (TPSA) is 52.0 Å². The second kappa shape index (κ2) is 7.31. The van der Waals surface area contributed by atoms with Crippen molar-refractivity contribution in [2.45, 2.75) is 18.9 Å². The van der Waals surface area contributed by atoms with Crippen molar-refractivity contribution in [3.05, 3.63) is 33.8 Å². The van der Waals surface area contributed by atoms with Crippen molar-refractivity contribution in [1.29, 1.82) is 0 Å². The molecule has 5 heteroatoms. The van der Waals surface area contributed by atoms with Gasteiger partial charge in [0, 0.05) is 16.1 Å². The molecule has 0 aliphatic carbocycles. The summed E-state index contributed by atoms with van der Waals surface area (Å²) < 4.78 is 0. The maximum Gasteiger partial charge on any atom is 0.0454 e. The Hall–Kier alpha value is 0.01000. The Balaban J connectivity index is 0.00000196. The van der Waals surface area contributed by atoms with Gasteiger partial charge in [0.15, 0.2) is 0 Å². The molecule has 0 aliphatic heterocycles. The Labute approximate surface area is 106 Å². The van der Waals surface area contributed by atoms with Gasteiger partial charge < -0.3 is 11.5 Å². The average Bonchev–Trinajstić information content (AvgIpc) is 2.18. The van der Waals surface area contributed by atoms with Gasteiger partial charge >= 0.3 is 0 Å². The van der Waals surface area contributed by atoms with Gasteiger partial charge in [-0.25, -0.2) is 0 Å². The normalized spacial score (nSPS) is 12.0. The number of rotatable bonds is 4. The molecule has 0 unspecified atom stereocenters. The molecular formula is C10H15Cl3N2. The number of hydrogen-bond donors (Lipinski definition) is 2. The summed E-state index contributed by atoms with van der Waals surface area (Å²) in [5.41, 5.74) is 12.3. The molecule has 4 N–H and O–H groups in total. The smallest absolute Gasteiger partial charge is 0.0454 e. The van der Waals surface area contributed by atoms with Crippen LogP contribution in [0.4, 0.5) is 0 Å². The third-order valence-electron chi connectivity index (χ3n) is 2.08. The van der Waals surface area contributed by atoms with E-state index in [4.69, 9.17) is 34.7 Å². The van der Waals surface area contributed by atoms with E-state index in [1.807, 2.05) is 6.07 Å². The first-order valence-electron chi connectivity index (χ1n) is 4.55. The Morgan fingerprint density at radius 3 is 2.53 bits per heavy atom. The molecule has 0 heterocycles. The zero-order chi connectivity index (χ0) is 10.6. The highest BCUT2D eigenvalue weighted by atomic mass is 35.5. The minimum absolute atomic E-state index is 0. The maximum absolute atomic E-state index is 6.00. The highest BCUT2D eigenvalue weighted by Gasteiger charge is 2.09. The van der Waals surface area contributed by atoms with E-state index in [1.54, 1.807) is 12.1 Å². The zero-order valence-corrected chi connectivity index (χ0v) is 10.6. The lowest BCUT2D eigenvalue weighted by molar-refractivity contribution is 0.618. The van der Waals surface area contributed by atoms with E-state index < -0.39 is 0 Å². The van der Waals surface area contributed by atoms with Crippen LogP contribution in [0.1, 0.15) is 24.4 Å². The van der Waals surface area contributed by atoms with Gasteiger partial charge in [0.2, 0.25) is 0 Å². The van der Waals surface area contributed by atoms with Crippen LogP contribution in [0.15, 0.2) is 18.2 Å². The van der Waals surface area contributed by atoms with Crippen molar-refractivity contribution in [3.63, 3.8) is 0 Å². The van der Waals surface area contributed by atoms with Crippen LogP contribution >= 0.6 is 35.6 Å². The first-order chi connectivity index (χ1) is 6.65. The van der Waals surface area contributed by atoms with Crippen LogP contribution in [0.2, 0.25) is 10.0 Å². The molecule has 15 heavy (non-hydrogen) atoms. The van der Waals surface area contributed by atoms with Crippen molar-refractivity contribution >= 4 is 35.6 Å². The molecule has 0 aromatic heterocycles. The van der Waals surface area contributed by atoms with E-state index in [0.717, 1.165) is 18.4 Å². The average molecular weight is 270 g/mol. The van der Waals surface area contributed by atoms with Gasteiger partial charge in [0.25, 0.3) is 0 Å². The quantitative estimate of drug-likeness (QED) is 0.882. The minimum atomic E-state index is -0.0789. The molecule has 1 aromatic carbocycles. The van der Waals surface area contributed by atoms with E-state index in [1.165, 1.54) is 0 Å². The van der Waals surface area contributed by atoms with Crippen molar-refractivity contribution in [2.24, 2.45) is 11.5 Å². The molecule has 86 valence electrons. The van der Waals surface area contributed by atoms with Gasteiger partial charge in [-0.15, -0.1) is 12.4 Å². The summed E-state index contributed by atoms with van der Waals surface area (Å²) in [5, 5.41) is 1.33. The van der Waals surface area contributed by atoms with Crippen LogP contribution in [0.5, 0.6) is 0 Å². The SMILES string of the molecule is Cl.NCCC[C@@H](N)c1cc(Cl)ccc1Cl. The number of halogens is 3. The van der Waals surface area contributed by atoms with Crippen molar-refractivity contribution in [3.8, 4) is 0 Å². The Morgan fingerprint density at radius 1 is 1.27 bits per heavy atom. The molecule has 0 spiro atoms. The van der Waals surface area contributed by atoms with Crippen LogP contribution in [-0.4, -0.2) is 6.54 Å². The molecular weight excluding hydrogens is 254 g/mol. The standard InChI is InChI=1S/C10H14Cl2N2.ClH/c11-7-3-4-9(12)8(6-7)10(14)2-1-5-13;/h3-4,6,10H,1-2,5,13-14H2;1H/t10-;/m1./s1. The summed E-state index contributed by atoms with van der Waals surface area (Å²) in [4.78, 5) is 0. The third kappa shape index (κ3) is 4.58. The fourth-order valence-electron chi connectivity index (χ4n) is 1.29. The predicted molar refractivity (Wildman–Crippen MR) is 68.9 cm³/mol. The molecule has 0 aliphatic rings. The van der Waals surface area contributed by atoms with Gasteiger partial charge in [-0.05, 0) is 43.1 Å². The van der Waals surface area contributed by atoms with Crippen LogP contribution in [0.25, 0.3) is 0 Å². The molecule has 0 fully saturated rings. The molecule has 2 nitrogen and oxygen atoms in total.